The molecule has 3 amide bonds. The number of hydrogen-bond acceptors (Lipinski definition) is 4. The standard InChI is InChI=1S/C26H28N4O2S/c1-16(2)19-7-6-8-21(13-19)26(4,5)29-24(32)28-25-27-22(15-33-25)20-10-9-18-11-12-30(17(3)31)23(18)14-20/h6-10,13-15H,1,11-12H2,2-5H3,(H2,27,28,29,32). The van der Waals surface area contributed by atoms with Gasteiger partial charge in [-0.05, 0) is 56.0 Å². The van der Waals surface area contributed by atoms with Crippen LogP contribution in [-0.4, -0.2) is 23.5 Å². The van der Waals surface area contributed by atoms with Crippen molar-refractivity contribution in [1.29, 1.82) is 0 Å². The number of benzene rings is 2. The Hall–Kier alpha value is -3.45. The van der Waals surface area contributed by atoms with E-state index in [-0.39, 0.29) is 11.9 Å². The summed E-state index contributed by atoms with van der Waals surface area (Å²) >= 11 is 1.37. The van der Waals surface area contributed by atoms with Gasteiger partial charge < -0.3 is 10.2 Å². The van der Waals surface area contributed by atoms with Crippen LogP contribution in [0, 0.1) is 0 Å². The predicted octanol–water partition coefficient (Wildman–Crippen LogP) is 5.81. The van der Waals surface area contributed by atoms with Crippen LogP contribution in [0.25, 0.3) is 16.8 Å². The van der Waals surface area contributed by atoms with Gasteiger partial charge in [0.1, 0.15) is 0 Å². The summed E-state index contributed by atoms with van der Waals surface area (Å²) < 4.78 is 0. The van der Waals surface area contributed by atoms with E-state index in [1.807, 2.05) is 68.6 Å². The van der Waals surface area contributed by atoms with E-state index in [0.717, 1.165) is 40.1 Å². The van der Waals surface area contributed by atoms with Crippen molar-refractivity contribution in [3.8, 4) is 11.3 Å². The number of carbonyl (C=O) groups is 2. The summed E-state index contributed by atoms with van der Waals surface area (Å²) in [5.41, 5.74) is 6.23. The van der Waals surface area contributed by atoms with Crippen LogP contribution in [0.4, 0.5) is 15.6 Å². The molecule has 1 aliphatic rings. The molecule has 1 aliphatic heterocycles. The number of carbonyl (C=O) groups excluding carboxylic acids is 2. The molecular formula is C26H28N4O2S. The molecule has 0 unspecified atom stereocenters. The molecular weight excluding hydrogens is 432 g/mol. The van der Waals surface area contributed by atoms with E-state index in [9.17, 15) is 9.59 Å². The fourth-order valence-corrected chi connectivity index (χ4v) is 4.70. The molecule has 3 aromatic rings. The third-order valence-corrected chi connectivity index (χ3v) is 6.64. The number of nitrogens with one attached hydrogen (secondary N) is 2. The van der Waals surface area contributed by atoms with Gasteiger partial charge in [-0.1, -0.05) is 42.5 Å². The molecule has 2 N–H and O–H groups in total. The van der Waals surface area contributed by atoms with Gasteiger partial charge in [0.25, 0.3) is 0 Å². The second kappa shape index (κ2) is 8.83. The zero-order valence-electron chi connectivity index (χ0n) is 19.4. The van der Waals surface area contributed by atoms with E-state index >= 15 is 0 Å². The molecule has 0 aliphatic carbocycles. The SMILES string of the molecule is C=C(C)c1cccc(C(C)(C)NC(=O)Nc2nc(-c3ccc4c(c3)N(C(C)=O)CC4)cs2)c1. The molecule has 2 heterocycles. The van der Waals surface area contributed by atoms with Gasteiger partial charge in [-0.25, -0.2) is 9.78 Å². The average molecular weight is 461 g/mol. The molecule has 2 aromatic carbocycles. The largest absolute Gasteiger partial charge is 0.329 e. The Labute approximate surface area is 198 Å². The maximum atomic E-state index is 12.7. The van der Waals surface area contributed by atoms with Gasteiger partial charge in [-0.2, -0.15) is 0 Å². The highest BCUT2D eigenvalue weighted by Crippen LogP contribution is 2.34. The van der Waals surface area contributed by atoms with Crippen molar-refractivity contribution in [3.63, 3.8) is 0 Å². The van der Waals surface area contributed by atoms with Gasteiger partial charge in [0.15, 0.2) is 5.13 Å². The fraction of sp³-hybridized carbons (Fsp3) is 0.269. The number of urea groups is 1. The van der Waals surface area contributed by atoms with Gasteiger partial charge in [0.2, 0.25) is 5.91 Å². The highest BCUT2D eigenvalue weighted by Gasteiger charge is 2.25. The van der Waals surface area contributed by atoms with Crippen molar-refractivity contribution in [3.05, 3.63) is 71.1 Å². The van der Waals surface area contributed by atoms with Crippen molar-refractivity contribution in [2.24, 2.45) is 0 Å². The molecule has 0 saturated heterocycles. The van der Waals surface area contributed by atoms with E-state index in [1.165, 1.54) is 16.9 Å². The first-order valence-electron chi connectivity index (χ1n) is 10.9. The Morgan fingerprint density at radius 1 is 1.15 bits per heavy atom. The lowest BCUT2D eigenvalue weighted by atomic mass is 9.92. The Kier molecular flexibility index (Phi) is 6.08. The summed E-state index contributed by atoms with van der Waals surface area (Å²) in [6.07, 6.45) is 0.865. The Morgan fingerprint density at radius 3 is 2.67 bits per heavy atom. The van der Waals surface area contributed by atoms with Crippen LogP contribution in [0.3, 0.4) is 0 Å². The predicted molar refractivity (Wildman–Crippen MR) is 136 cm³/mol. The number of anilines is 2. The first-order chi connectivity index (χ1) is 15.6. The van der Waals surface area contributed by atoms with Crippen LogP contribution >= 0.6 is 11.3 Å². The van der Waals surface area contributed by atoms with Gasteiger partial charge in [-0.15, -0.1) is 11.3 Å². The molecule has 6 nitrogen and oxygen atoms in total. The molecule has 170 valence electrons. The second-order valence-electron chi connectivity index (χ2n) is 8.87. The van der Waals surface area contributed by atoms with E-state index in [4.69, 9.17) is 0 Å². The summed E-state index contributed by atoms with van der Waals surface area (Å²) in [6, 6.07) is 13.8. The molecule has 0 atom stereocenters. The lowest BCUT2D eigenvalue weighted by Crippen LogP contribution is -2.43. The molecule has 4 rings (SSSR count). The van der Waals surface area contributed by atoms with E-state index in [2.05, 4.69) is 22.2 Å². The van der Waals surface area contributed by atoms with Crippen LogP contribution < -0.4 is 15.5 Å². The number of nitrogens with zero attached hydrogens (tertiary/aromatic N) is 2. The van der Waals surface area contributed by atoms with Crippen LogP contribution in [-0.2, 0) is 16.8 Å². The van der Waals surface area contributed by atoms with Crippen LogP contribution in [0.1, 0.15) is 44.4 Å². The van der Waals surface area contributed by atoms with Crippen molar-refractivity contribution in [1.82, 2.24) is 10.3 Å². The monoisotopic (exact) mass is 460 g/mol. The smallest absolute Gasteiger partial charge is 0.321 e. The van der Waals surface area contributed by atoms with Gasteiger partial charge in [-0.3, -0.25) is 10.1 Å². The molecule has 0 fully saturated rings. The summed E-state index contributed by atoms with van der Waals surface area (Å²) in [7, 11) is 0. The average Bonchev–Trinajstić information content (AvgIpc) is 3.39. The van der Waals surface area contributed by atoms with Gasteiger partial charge in [0.05, 0.1) is 11.2 Å². The van der Waals surface area contributed by atoms with E-state index < -0.39 is 5.54 Å². The van der Waals surface area contributed by atoms with Crippen molar-refractivity contribution < 1.29 is 9.59 Å². The molecule has 0 saturated carbocycles. The fourth-order valence-electron chi connectivity index (χ4n) is 3.99. The Bertz CT molecular complexity index is 1240. The first-order valence-corrected chi connectivity index (χ1v) is 11.7. The highest BCUT2D eigenvalue weighted by atomic mass is 32.1. The highest BCUT2D eigenvalue weighted by molar-refractivity contribution is 7.14. The minimum Gasteiger partial charge on any atom is -0.329 e. The molecule has 7 heteroatoms. The van der Waals surface area contributed by atoms with E-state index in [0.29, 0.717) is 11.7 Å². The van der Waals surface area contributed by atoms with Crippen LogP contribution in [0.5, 0.6) is 0 Å². The van der Waals surface area contributed by atoms with Crippen molar-refractivity contribution in [2.75, 3.05) is 16.8 Å². The number of rotatable bonds is 5. The zero-order chi connectivity index (χ0) is 23.8. The summed E-state index contributed by atoms with van der Waals surface area (Å²) in [5, 5.41) is 8.30. The van der Waals surface area contributed by atoms with E-state index in [1.54, 1.807) is 11.8 Å². The summed E-state index contributed by atoms with van der Waals surface area (Å²) in [4.78, 5) is 31.0. The Morgan fingerprint density at radius 2 is 1.94 bits per heavy atom. The minimum atomic E-state index is -0.578. The van der Waals surface area contributed by atoms with Crippen molar-refractivity contribution >= 4 is 39.7 Å². The topological polar surface area (TPSA) is 74.3 Å². The molecule has 0 spiro atoms. The number of thiazole rings is 1. The number of amides is 3. The minimum absolute atomic E-state index is 0.0413. The molecule has 0 bridgehead atoms. The summed E-state index contributed by atoms with van der Waals surface area (Å²) in [6.45, 7) is 12.2. The zero-order valence-corrected chi connectivity index (χ0v) is 20.2. The number of aromatic nitrogens is 1. The third kappa shape index (κ3) is 4.83. The lowest BCUT2D eigenvalue weighted by Gasteiger charge is -2.27. The summed E-state index contributed by atoms with van der Waals surface area (Å²) in [5.74, 6) is 0.0413. The first kappa shape index (κ1) is 22.7. The second-order valence-corrected chi connectivity index (χ2v) is 9.73. The molecule has 0 radical (unpaired) electrons. The third-order valence-electron chi connectivity index (χ3n) is 5.88. The van der Waals surface area contributed by atoms with Gasteiger partial charge >= 0.3 is 6.03 Å². The number of fused-ring (bicyclic) bond motifs is 1. The molecule has 33 heavy (non-hydrogen) atoms. The maximum Gasteiger partial charge on any atom is 0.321 e. The normalized spacial score (nSPS) is 12.9. The number of allylic oxidation sites excluding steroid dienone is 1. The van der Waals surface area contributed by atoms with Gasteiger partial charge in [0, 0.05) is 30.1 Å². The lowest BCUT2D eigenvalue weighted by molar-refractivity contribution is -0.116. The van der Waals surface area contributed by atoms with Crippen molar-refractivity contribution in [2.45, 2.75) is 39.7 Å². The quantitative estimate of drug-likeness (QED) is 0.505. The maximum absolute atomic E-state index is 12.7. The van der Waals surface area contributed by atoms with Crippen LogP contribution in [0.2, 0.25) is 0 Å². The molecule has 1 aromatic heterocycles. The number of hydrogen-bond donors (Lipinski definition) is 2. The van der Waals surface area contributed by atoms with Crippen LogP contribution in [0.15, 0.2) is 54.4 Å². The Balaban J connectivity index is 1.46.